The van der Waals surface area contributed by atoms with E-state index >= 15 is 0 Å². The molecule has 0 saturated heterocycles. The minimum Gasteiger partial charge on any atom is -0.388 e. The molecule has 1 aromatic rings. The van der Waals surface area contributed by atoms with E-state index in [2.05, 4.69) is 21.2 Å². The maximum absolute atomic E-state index is 12.2. The third-order valence-electron chi connectivity index (χ3n) is 4.05. The minimum atomic E-state index is -0.727. The van der Waals surface area contributed by atoms with E-state index in [1.54, 1.807) is 0 Å². The van der Waals surface area contributed by atoms with E-state index in [1.165, 1.54) is 12.8 Å². The Bertz CT molecular complexity index is 479. The van der Waals surface area contributed by atoms with Crippen molar-refractivity contribution in [3.05, 3.63) is 33.8 Å². The summed E-state index contributed by atoms with van der Waals surface area (Å²) in [5, 5.41) is 13.4. The minimum absolute atomic E-state index is 0.104. The maximum Gasteiger partial charge on any atom is 0.251 e. The van der Waals surface area contributed by atoms with Crippen LogP contribution in [-0.4, -0.2) is 23.2 Å². The lowest BCUT2D eigenvalue weighted by molar-refractivity contribution is 0.0246. The summed E-state index contributed by atoms with van der Waals surface area (Å²) in [7, 11) is 0. The first-order valence-corrected chi connectivity index (χ1v) is 8.06. The van der Waals surface area contributed by atoms with Crippen molar-refractivity contribution in [2.24, 2.45) is 0 Å². The second-order valence-corrected chi connectivity index (χ2v) is 6.70. The van der Waals surface area contributed by atoms with Crippen molar-refractivity contribution < 1.29 is 9.90 Å². The van der Waals surface area contributed by atoms with Gasteiger partial charge in [0.05, 0.1) is 5.60 Å². The summed E-state index contributed by atoms with van der Waals surface area (Å²) in [4.78, 5) is 12.2. The Hall–Kier alpha value is -0.870. The van der Waals surface area contributed by atoms with Gasteiger partial charge in [-0.15, -0.1) is 0 Å². The van der Waals surface area contributed by atoms with E-state index in [9.17, 15) is 9.90 Å². The normalized spacial score (nSPS) is 18.4. The highest BCUT2D eigenvalue weighted by molar-refractivity contribution is 9.10. The Balaban J connectivity index is 1.97. The van der Waals surface area contributed by atoms with E-state index in [-0.39, 0.29) is 5.91 Å². The number of benzene rings is 1. The molecule has 0 bridgehead atoms. The van der Waals surface area contributed by atoms with Gasteiger partial charge in [-0.3, -0.25) is 4.79 Å². The number of carbonyl (C=O) groups excluding carboxylic acids is 1. The van der Waals surface area contributed by atoms with E-state index in [0.717, 1.165) is 35.7 Å². The monoisotopic (exact) mass is 339 g/mol. The number of nitrogens with one attached hydrogen (secondary N) is 1. The number of hydrogen-bond acceptors (Lipinski definition) is 2. The van der Waals surface area contributed by atoms with Gasteiger partial charge in [-0.1, -0.05) is 41.6 Å². The molecule has 1 saturated carbocycles. The van der Waals surface area contributed by atoms with Gasteiger partial charge in [-0.25, -0.2) is 0 Å². The summed E-state index contributed by atoms with van der Waals surface area (Å²) in [6.45, 7) is 2.27. The molecule has 0 atom stereocenters. The first-order valence-electron chi connectivity index (χ1n) is 7.27. The number of aryl methyl sites for hydroxylation is 1. The molecule has 1 amide bonds. The average Bonchev–Trinajstić information content (AvgIpc) is 2.61. The summed E-state index contributed by atoms with van der Waals surface area (Å²) in [5.74, 6) is -0.104. The fraction of sp³-hybridized carbons (Fsp3) is 0.562. The lowest BCUT2D eigenvalue weighted by Crippen LogP contribution is -2.42. The highest BCUT2D eigenvalue weighted by atomic mass is 79.9. The van der Waals surface area contributed by atoms with Gasteiger partial charge in [0.1, 0.15) is 0 Å². The summed E-state index contributed by atoms with van der Waals surface area (Å²) < 4.78 is 0.967. The molecule has 1 aliphatic rings. The summed E-state index contributed by atoms with van der Waals surface area (Å²) in [6.07, 6.45) is 6.02. The number of carbonyl (C=O) groups is 1. The molecule has 2 rings (SSSR count). The lowest BCUT2D eigenvalue weighted by atomic mass is 9.94. The molecule has 1 aliphatic carbocycles. The molecule has 0 aromatic heterocycles. The van der Waals surface area contributed by atoms with Crippen LogP contribution in [0.2, 0.25) is 0 Å². The lowest BCUT2D eigenvalue weighted by Gasteiger charge is -2.27. The third kappa shape index (κ3) is 4.06. The van der Waals surface area contributed by atoms with Crippen molar-refractivity contribution in [2.75, 3.05) is 6.54 Å². The first kappa shape index (κ1) is 15.5. The van der Waals surface area contributed by atoms with Crippen LogP contribution in [0.15, 0.2) is 22.7 Å². The predicted molar refractivity (Wildman–Crippen MR) is 83.9 cm³/mol. The smallest absolute Gasteiger partial charge is 0.251 e. The standard InChI is InChI=1S/C16H22BrNO2/c1-12-10-13(17)6-7-14(12)15(19)18-11-16(20)8-4-2-3-5-9-16/h6-7,10,20H,2-5,8-9,11H2,1H3,(H,18,19). The Morgan fingerprint density at radius 3 is 2.55 bits per heavy atom. The molecule has 0 unspecified atom stereocenters. The molecule has 0 heterocycles. The molecule has 1 aromatic carbocycles. The Morgan fingerprint density at radius 2 is 1.95 bits per heavy atom. The van der Waals surface area contributed by atoms with Gasteiger partial charge < -0.3 is 10.4 Å². The number of amides is 1. The average molecular weight is 340 g/mol. The van der Waals surface area contributed by atoms with Crippen LogP contribution in [0.5, 0.6) is 0 Å². The maximum atomic E-state index is 12.2. The van der Waals surface area contributed by atoms with Gasteiger partial charge in [0, 0.05) is 16.6 Å². The van der Waals surface area contributed by atoms with E-state index in [1.807, 2.05) is 25.1 Å². The van der Waals surface area contributed by atoms with Crippen LogP contribution < -0.4 is 5.32 Å². The fourth-order valence-corrected chi connectivity index (χ4v) is 3.26. The van der Waals surface area contributed by atoms with Crippen molar-refractivity contribution in [2.45, 2.75) is 51.0 Å². The number of hydrogen-bond donors (Lipinski definition) is 2. The predicted octanol–water partition coefficient (Wildman–Crippen LogP) is 3.57. The summed E-state index contributed by atoms with van der Waals surface area (Å²) in [6, 6.07) is 5.60. The van der Waals surface area contributed by atoms with Gasteiger partial charge >= 0.3 is 0 Å². The van der Waals surface area contributed by atoms with Crippen molar-refractivity contribution in [1.82, 2.24) is 5.32 Å². The van der Waals surface area contributed by atoms with Crippen molar-refractivity contribution in [1.29, 1.82) is 0 Å². The second kappa shape index (κ2) is 6.72. The highest BCUT2D eigenvalue weighted by Gasteiger charge is 2.28. The Labute approximate surface area is 128 Å². The second-order valence-electron chi connectivity index (χ2n) is 5.78. The molecule has 3 nitrogen and oxygen atoms in total. The first-order chi connectivity index (χ1) is 9.50. The van der Waals surface area contributed by atoms with Crippen molar-refractivity contribution in [3.8, 4) is 0 Å². The van der Waals surface area contributed by atoms with Gasteiger partial charge in [0.2, 0.25) is 0 Å². The highest BCUT2D eigenvalue weighted by Crippen LogP contribution is 2.26. The quantitative estimate of drug-likeness (QED) is 0.827. The van der Waals surface area contributed by atoms with Gasteiger partial charge in [-0.2, -0.15) is 0 Å². The zero-order valence-corrected chi connectivity index (χ0v) is 13.5. The van der Waals surface area contributed by atoms with Crippen LogP contribution >= 0.6 is 15.9 Å². The molecule has 1 fully saturated rings. The molecule has 110 valence electrons. The molecular weight excluding hydrogens is 318 g/mol. The van der Waals surface area contributed by atoms with Crippen LogP contribution in [0.1, 0.15) is 54.4 Å². The Kier molecular flexibility index (Phi) is 5.22. The zero-order chi connectivity index (χ0) is 14.6. The zero-order valence-electron chi connectivity index (χ0n) is 11.9. The molecule has 0 spiro atoms. The molecule has 0 radical (unpaired) electrons. The van der Waals surface area contributed by atoms with Gasteiger partial charge in [0.15, 0.2) is 0 Å². The number of aliphatic hydroxyl groups is 1. The summed E-state index contributed by atoms with van der Waals surface area (Å²) >= 11 is 3.39. The fourth-order valence-electron chi connectivity index (χ4n) is 2.79. The van der Waals surface area contributed by atoms with Crippen molar-refractivity contribution >= 4 is 21.8 Å². The summed E-state index contributed by atoms with van der Waals surface area (Å²) in [5.41, 5.74) is 0.880. The van der Waals surface area contributed by atoms with Crippen molar-refractivity contribution in [3.63, 3.8) is 0 Å². The van der Waals surface area contributed by atoms with E-state index in [4.69, 9.17) is 0 Å². The van der Waals surface area contributed by atoms with Crippen LogP contribution in [0.25, 0.3) is 0 Å². The number of rotatable bonds is 3. The molecule has 2 N–H and O–H groups in total. The molecule has 0 aliphatic heterocycles. The van der Waals surface area contributed by atoms with Crippen LogP contribution in [-0.2, 0) is 0 Å². The third-order valence-corrected chi connectivity index (χ3v) is 4.54. The SMILES string of the molecule is Cc1cc(Br)ccc1C(=O)NCC1(O)CCCCCC1. The molecular formula is C16H22BrNO2. The van der Waals surface area contributed by atoms with E-state index in [0.29, 0.717) is 12.1 Å². The van der Waals surface area contributed by atoms with Gasteiger partial charge in [-0.05, 0) is 43.5 Å². The topological polar surface area (TPSA) is 49.3 Å². The van der Waals surface area contributed by atoms with Crippen LogP contribution in [0.4, 0.5) is 0 Å². The van der Waals surface area contributed by atoms with E-state index < -0.39 is 5.60 Å². The molecule has 4 heteroatoms. The van der Waals surface area contributed by atoms with Crippen LogP contribution in [0.3, 0.4) is 0 Å². The Morgan fingerprint density at radius 1 is 1.30 bits per heavy atom. The number of halogens is 1. The largest absolute Gasteiger partial charge is 0.388 e. The van der Waals surface area contributed by atoms with Gasteiger partial charge in [0.25, 0.3) is 5.91 Å². The molecule has 20 heavy (non-hydrogen) atoms. The van der Waals surface area contributed by atoms with Crippen LogP contribution in [0, 0.1) is 6.92 Å².